The lowest BCUT2D eigenvalue weighted by Crippen LogP contribution is -2.25. The lowest BCUT2D eigenvalue weighted by atomic mass is 10.2. The number of nitrogens with zero attached hydrogens (tertiary/aromatic N) is 2. The van der Waals surface area contributed by atoms with E-state index in [4.69, 9.17) is 4.74 Å². The van der Waals surface area contributed by atoms with E-state index in [0.29, 0.717) is 0 Å². The fraction of sp³-hybridized carbons (Fsp3) is 0.583. The first-order valence-corrected chi connectivity index (χ1v) is 6.22. The molecule has 90 valence electrons. The van der Waals surface area contributed by atoms with Gasteiger partial charge in [0.05, 0.1) is 13.2 Å². The van der Waals surface area contributed by atoms with Gasteiger partial charge in [-0.3, -0.25) is 4.98 Å². The van der Waals surface area contributed by atoms with E-state index in [1.165, 1.54) is 5.56 Å². The second-order valence-corrected chi connectivity index (χ2v) is 4.19. The Hall–Kier alpha value is -0.580. The molecule has 0 unspecified atom stereocenters. The van der Waals surface area contributed by atoms with Crippen molar-refractivity contribution in [3.8, 4) is 0 Å². The summed E-state index contributed by atoms with van der Waals surface area (Å²) in [5.41, 5.74) is 1.33. The van der Waals surface area contributed by atoms with Crippen LogP contribution in [0.2, 0.25) is 0 Å². The molecule has 1 aromatic rings. The van der Waals surface area contributed by atoms with E-state index >= 15 is 0 Å². The summed E-state index contributed by atoms with van der Waals surface area (Å²) >= 11 is 4.09. The van der Waals surface area contributed by atoms with E-state index in [9.17, 15) is 0 Å². The van der Waals surface area contributed by atoms with E-state index < -0.39 is 0 Å². The number of pyridine rings is 1. The highest BCUT2D eigenvalue weighted by Crippen LogP contribution is 1.98. The van der Waals surface area contributed by atoms with Gasteiger partial charge in [0, 0.05) is 31.2 Å². The zero-order chi connectivity index (χ0) is 11.6. The molecule has 0 atom stereocenters. The summed E-state index contributed by atoms with van der Waals surface area (Å²) in [5, 5.41) is 0. The number of hydrogen-bond donors (Lipinski definition) is 1. The Morgan fingerprint density at radius 2 is 2.00 bits per heavy atom. The monoisotopic (exact) mass is 240 g/mol. The van der Waals surface area contributed by atoms with Crippen molar-refractivity contribution in [3.63, 3.8) is 0 Å². The van der Waals surface area contributed by atoms with Crippen LogP contribution in [0, 0.1) is 0 Å². The van der Waals surface area contributed by atoms with E-state index in [2.05, 4.69) is 41.7 Å². The molecule has 3 nitrogen and oxygen atoms in total. The van der Waals surface area contributed by atoms with Crippen molar-refractivity contribution in [2.75, 3.05) is 39.1 Å². The minimum Gasteiger partial charge on any atom is -0.379 e. The number of hydrogen-bond acceptors (Lipinski definition) is 4. The molecule has 0 fully saturated rings. The molecule has 0 saturated heterocycles. The summed E-state index contributed by atoms with van der Waals surface area (Å²) < 4.78 is 5.38. The third-order valence-corrected chi connectivity index (χ3v) is 2.57. The molecule has 0 bridgehead atoms. The first kappa shape index (κ1) is 13.5. The van der Waals surface area contributed by atoms with Crippen LogP contribution in [0.15, 0.2) is 24.5 Å². The van der Waals surface area contributed by atoms with E-state index in [1.807, 2.05) is 12.4 Å². The first-order chi connectivity index (χ1) is 7.83. The van der Waals surface area contributed by atoms with Crippen LogP contribution in [0.4, 0.5) is 0 Å². The second kappa shape index (κ2) is 8.56. The maximum absolute atomic E-state index is 5.38. The highest BCUT2D eigenvalue weighted by Gasteiger charge is 1.99. The van der Waals surface area contributed by atoms with Crippen LogP contribution < -0.4 is 0 Å². The van der Waals surface area contributed by atoms with Crippen molar-refractivity contribution >= 4 is 12.6 Å². The van der Waals surface area contributed by atoms with E-state index in [1.54, 1.807) is 0 Å². The number of ether oxygens (including phenoxy) is 1. The van der Waals surface area contributed by atoms with Crippen LogP contribution in [-0.4, -0.2) is 49.0 Å². The molecule has 0 radical (unpaired) electrons. The van der Waals surface area contributed by atoms with Gasteiger partial charge < -0.3 is 9.64 Å². The van der Waals surface area contributed by atoms with Crippen molar-refractivity contribution < 1.29 is 4.74 Å². The zero-order valence-electron chi connectivity index (χ0n) is 9.80. The molecular weight excluding hydrogens is 220 g/mol. The normalized spacial score (nSPS) is 10.9. The van der Waals surface area contributed by atoms with Gasteiger partial charge in [-0.2, -0.15) is 12.6 Å². The maximum atomic E-state index is 5.38. The van der Waals surface area contributed by atoms with Crippen LogP contribution in [-0.2, 0) is 11.2 Å². The smallest absolute Gasteiger partial charge is 0.0593 e. The van der Waals surface area contributed by atoms with Gasteiger partial charge in [0.25, 0.3) is 0 Å². The van der Waals surface area contributed by atoms with Crippen LogP contribution in [0.5, 0.6) is 0 Å². The molecule has 1 rings (SSSR count). The van der Waals surface area contributed by atoms with Gasteiger partial charge in [0.2, 0.25) is 0 Å². The maximum Gasteiger partial charge on any atom is 0.0593 e. The Bertz CT molecular complexity index is 269. The molecule has 4 heteroatoms. The van der Waals surface area contributed by atoms with E-state index in [0.717, 1.165) is 38.5 Å². The van der Waals surface area contributed by atoms with Gasteiger partial charge in [-0.1, -0.05) is 0 Å². The zero-order valence-corrected chi connectivity index (χ0v) is 10.7. The largest absolute Gasteiger partial charge is 0.379 e. The quantitative estimate of drug-likeness (QED) is 0.551. The number of rotatable bonds is 8. The fourth-order valence-electron chi connectivity index (χ4n) is 1.37. The number of aromatic nitrogens is 1. The topological polar surface area (TPSA) is 25.4 Å². The minimum atomic E-state index is 0.737. The van der Waals surface area contributed by atoms with Crippen molar-refractivity contribution in [2.45, 2.75) is 6.42 Å². The summed E-state index contributed by atoms with van der Waals surface area (Å²) in [5.74, 6) is 0.792. The lowest BCUT2D eigenvalue weighted by Gasteiger charge is -2.16. The minimum absolute atomic E-state index is 0.737. The van der Waals surface area contributed by atoms with Crippen LogP contribution in [0.25, 0.3) is 0 Å². The van der Waals surface area contributed by atoms with Crippen LogP contribution in [0.3, 0.4) is 0 Å². The Labute approximate surface area is 103 Å². The summed E-state index contributed by atoms with van der Waals surface area (Å²) in [7, 11) is 2.12. The molecule has 16 heavy (non-hydrogen) atoms. The predicted octanol–water partition coefficient (Wildman–Crippen LogP) is 1.50. The molecule has 0 saturated carbocycles. The predicted molar refractivity (Wildman–Crippen MR) is 70.1 cm³/mol. The molecule has 0 aliphatic rings. The van der Waals surface area contributed by atoms with Gasteiger partial charge in [-0.25, -0.2) is 0 Å². The molecule has 0 spiro atoms. The molecule has 1 heterocycles. The Morgan fingerprint density at radius 1 is 1.25 bits per heavy atom. The number of likely N-dealkylation sites (N-methyl/N-ethyl adjacent to an activating group) is 1. The second-order valence-electron chi connectivity index (χ2n) is 3.74. The fourth-order valence-corrected chi connectivity index (χ4v) is 1.50. The first-order valence-electron chi connectivity index (χ1n) is 5.59. The number of thiol groups is 1. The van der Waals surface area contributed by atoms with Crippen LogP contribution in [0.1, 0.15) is 5.56 Å². The van der Waals surface area contributed by atoms with Crippen molar-refractivity contribution in [3.05, 3.63) is 30.1 Å². The molecule has 1 aromatic heterocycles. The molecular formula is C12H20N2OS. The van der Waals surface area contributed by atoms with Crippen molar-refractivity contribution in [1.29, 1.82) is 0 Å². The summed E-state index contributed by atoms with van der Waals surface area (Å²) in [4.78, 5) is 6.28. The Kier molecular flexibility index (Phi) is 7.21. The Balaban J connectivity index is 2.08. The average molecular weight is 240 g/mol. The lowest BCUT2D eigenvalue weighted by molar-refractivity contribution is 0.125. The molecule has 0 aliphatic carbocycles. The van der Waals surface area contributed by atoms with Gasteiger partial charge in [-0.05, 0) is 31.2 Å². The van der Waals surface area contributed by atoms with E-state index in [-0.39, 0.29) is 0 Å². The SMILES string of the molecule is CN(CCOCCS)CCc1ccncc1. The van der Waals surface area contributed by atoms with Gasteiger partial charge in [0.15, 0.2) is 0 Å². The van der Waals surface area contributed by atoms with Crippen LogP contribution >= 0.6 is 12.6 Å². The molecule has 0 N–H and O–H groups in total. The summed E-state index contributed by atoms with van der Waals surface area (Å²) in [6.45, 7) is 3.54. The van der Waals surface area contributed by atoms with Gasteiger partial charge in [-0.15, -0.1) is 0 Å². The van der Waals surface area contributed by atoms with Gasteiger partial charge >= 0.3 is 0 Å². The van der Waals surface area contributed by atoms with Crippen molar-refractivity contribution in [1.82, 2.24) is 9.88 Å². The average Bonchev–Trinajstić information content (AvgIpc) is 2.33. The summed E-state index contributed by atoms with van der Waals surface area (Å²) in [6.07, 6.45) is 4.74. The standard InChI is InChI=1S/C12H20N2OS/c1-14(8-9-15-10-11-16)7-4-12-2-5-13-6-3-12/h2-3,5-6,16H,4,7-11H2,1H3. The third-order valence-electron chi connectivity index (χ3n) is 2.38. The summed E-state index contributed by atoms with van der Waals surface area (Å²) in [6, 6.07) is 4.12. The van der Waals surface area contributed by atoms with Gasteiger partial charge in [0.1, 0.15) is 0 Å². The third kappa shape index (κ3) is 6.10. The highest BCUT2D eigenvalue weighted by molar-refractivity contribution is 7.80. The molecule has 0 aliphatic heterocycles. The molecule has 0 amide bonds. The molecule has 0 aromatic carbocycles. The Morgan fingerprint density at radius 3 is 2.69 bits per heavy atom. The highest BCUT2D eigenvalue weighted by atomic mass is 32.1. The van der Waals surface area contributed by atoms with Crippen molar-refractivity contribution in [2.24, 2.45) is 0 Å².